The van der Waals surface area contributed by atoms with E-state index in [1.807, 2.05) is 154 Å². The number of esters is 2. The van der Waals surface area contributed by atoms with Gasteiger partial charge in [0.1, 0.15) is 20.8 Å². The molecule has 0 spiro atoms. The average Bonchev–Trinajstić information content (AvgIpc) is 1.66. The molecule has 6 aromatic carbocycles. The van der Waals surface area contributed by atoms with Gasteiger partial charge in [0, 0.05) is 41.3 Å². The summed E-state index contributed by atoms with van der Waals surface area (Å²) in [6, 6.07) is 67.2. The molecule has 0 aliphatic carbocycles. The van der Waals surface area contributed by atoms with Crippen molar-refractivity contribution in [3.8, 4) is 22.8 Å². The van der Waals surface area contributed by atoms with Crippen LogP contribution in [-0.2, 0) is 55.6 Å². The summed E-state index contributed by atoms with van der Waals surface area (Å²) in [5, 5.41) is 30.5. The van der Waals surface area contributed by atoms with Crippen LogP contribution < -0.4 is 3.71 Å². The molecule has 0 aliphatic heterocycles. The Morgan fingerprint density at radius 3 is 1.37 bits per heavy atom. The number of aromatic nitrogens is 9. The van der Waals surface area contributed by atoms with Gasteiger partial charge in [0.05, 0.1) is 54.7 Å². The molecule has 6 aromatic heterocycles. The second-order valence-corrected chi connectivity index (χ2v) is 37.2. The van der Waals surface area contributed by atoms with E-state index in [0.29, 0.717) is 17.9 Å². The third kappa shape index (κ3) is 17.5. The summed E-state index contributed by atoms with van der Waals surface area (Å²) in [4.78, 5) is 23.9. The molecule has 0 saturated heterocycles. The number of methoxy groups -OCH3 is 2. The summed E-state index contributed by atoms with van der Waals surface area (Å²) in [6.07, 6.45) is 7.81. The first-order valence-electron chi connectivity index (χ1n) is 31.3. The van der Waals surface area contributed by atoms with E-state index in [1.54, 1.807) is 6.07 Å². The van der Waals surface area contributed by atoms with Crippen molar-refractivity contribution in [2.45, 2.75) is 97.6 Å². The van der Waals surface area contributed by atoms with Gasteiger partial charge in [-0.1, -0.05) is 162 Å². The minimum absolute atomic E-state index is 0.0269. The molecule has 17 heteroatoms. The number of ether oxygens (including phenoxy) is 2. The molecule has 91 heavy (non-hydrogen) atoms. The van der Waals surface area contributed by atoms with Gasteiger partial charge in [-0.15, -0.1) is 0 Å². The molecule has 0 saturated carbocycles. The van der Waals surface area contributed by atoms with Crippen molar-refractivity contribution in [2.24, 2.45) is 21.1 Å². The molecule has 0 atom stereocenters. The quantitative estimate of drug-likeness (QED) is 0.0331. The predicted octanol–water partition coefficient (Wildman–Crippen LogP) is 17.1. The summed E-state index contributed by atoms with van der Waals surface area (Å²) in [7, 11) is 8.74. The number of hydrogen-bond acceptors (Lipinski definition) is 8. The summed E-state index contributed by atoms with van der Waals surface area (Å²) >= 11 is 3.13. The fraction of sp³-hybridized carbons (Fsp3) is 0.284. The number of aliphatic hydroxyl groups is 1. The number of halogens is 2. The van der Waals surface area contributed by atoms with Crippen LogP contribution >= 0.6 is 38.5 Å². The summed E-state index contributed by atoms with van der Waals surface area (Å²) < 4.78 is 26.7. The van der Waals surface area contributed by atoms with E-state index < -0.39 is 18.4 Å². The zero-order chi connectivity index (χ0) is 64.7. The number of carbonyl (C=O) groups is 2. The number of nitrogens with zero attached hydrogens (tertiary/aromatic N) is 8. The second kappa shape index (κ2) is 34.8. The Bertz CT molecular complexity index is 4190. The Morgan fingerprint density at radius 1 is 0.516 bits per heavy atom. The van der Waals surface area contributed by atoms with E-state index >= 15 is 0 Å². The largest absolute Gasteiger partial charge is 0.464 e. The van der Waals surface area contributed by atoms with Crippen LogP contribution in [0.5, 0.6) is 0 Å². The molecular weight excluding hydrogens is 1420 g/mol. The molecule has 2 N–H and O–H groups in total. The monoisotopic (exact) mass is 1510 g/mol. The van der Waals surface area contributed by atoms with Crippen molar-refractivity contribution in [3.63, 3.8) is 0 Å². The number of unbranched alkanes of at least 4 members (excludes halogenated alkanes) is 3. The standard InChI is InChI=1S/C21H19N3O2.C20H19N3O.C7H7Br.C7H5IN2.C7H8NO2.3C4H9.Sn/c1-23-18(12-13-19(23)21(25)26-2)20-16-10-6-7-11-17(16)24(22-20)14-15-8-4-3-5-9-15;1-22-16(14-24)11-12-19(22)20-17-9-5-6-10-18(17)23(21-20)13-15-7-3-2-4-8-15;8-6-7-4-2-1-3-5-7;8-7-5-3-1-2-4-6(5)9-10-7;1-8-5-3-4-6(8)7(9)10-2;3*1-3-4-2;/h3-13H,14H2,1-2H3;2-12,24H,13-14H2,1H3;1-5H,6H2;1-4H,(H,9,10);3-4H,1-2H3;3*1,3-4H2,2H3;. The number of alkyl halides is 1. The van der Waals surface area contributed by atoms with E-state index in [2.05, 4.69) is 154 Å². The molecule has 0 bridgehead atoms. The fourth-order valence-electron chi connectivity index (χ4n) is 11.5. The molecular formula is C74H85BrIN9O5Sn. The summed E-state index contributed by atoms with van der Waals surface area (Å²) in [6.45, 7) is 8.33. The summed E-state index contributed by atoms with van der Waals surface area (Å²) in [5.74, 6) is -0.563. The van der Waals surface area contributed by atoms with Gasteiger partial charge in [0.25, 0.3) is 0 Å². The van der Waals surface area contributed by atoms with Gasteiger partial charge in [-0.3, -0.25) is 14.5 Å². The Morgan fingerprint density at radius 2 is 0.934 bits per heavy atom. The van der Waals surface area contributed by atoms with E-state index in [1.165, 1.54) is 91.8 Å². The van der Waals surface area contributed by atoms with Crippen LogP contribution in [0.3, 0.4) is 0 Å². The van der Waals surface area contributed by atoms with Crippen LogP contribution in [0.15, 0.2) is 200 Å². The average molecular weight is 1510 g/mol. The molecule has 6 heterocycles. The molecule has 12 aromatic rings. The van der Waals surface area contributed by atoms with Crippen LogP contribution in [0.1, 0.15) is 103 Å². The third-order valence-electron chi connectivity index (χ3n) is 16.6. The fourth-order valence-corrected chi connectivity index (χ4v) is 29.3. The van der Waals surface area contributed by atoms with Crippen LogP contribution in [0, 0.1) is 3.70 Å². The number of aromatic amines is 1. The Hall–Kier alpha value is -7.52. The van der Waals surface area contributed by atoms with Gasteiger partial charge in [0.2, 0.25) is 0 Å². The van der Waals surface area contributed by atoms with E-state index in [4.69, 9.17) is 19.7 Å². The SMILES string of the molecule is BrCc1ccccc1.CCC[CH2][Sn]([CH2]CCC)([CH2]CCC)[c]1ccc(C(=O)OC)n1C.COC(=O)c1ccc(-c2nn(Cc3ccccc3)c3ccccc23)n1C.Cn1c(CO)ccc1-c1nn(Cc2ccccc2)c2ccccc12.Ic1[nH]nc2ccccc12. The smallest absolute Gasteiger partial charge is 0.354 e. The zero-order valence-corrected chi connectivity index (χ0v) is 60.3. The van der Waals surface area contributed by atoms with Crippen molar-refractivity contribution >= 4 is 105 Å². The number of H-pyrrole nitrogens is 1. The number of benzene rings is 6. The minimum atomic E-state index is -2.46. The van der Waals surface area contributed by atoms with Crippen molar-refractivity contribution in [1.29, 1.82) is 0 Å². The molecule has 0 unspecified atom stereocenters. The first-order valence-corrected chi connectivity index (χ1v) is 40.9. The molecule has 0 aliphatic rings. The Balaban J connectivity index is 0.000000155. The molecule has 12 rings (SSSR count). The number of para-hydroxylation sites is 3. The number of aliphatic hydroxyl groups excluding tert-OH is 1. The normalized spacial score (nSPS) is 11.0. The first-order chi connectivity index (χ1) is 44.3. The predicted molar refractivity (Wildman–Crippen MR) is 386 cm³/mol. The van der Waals surface area contributed by atoms with Gasteiger partial charge in [-0.25, -0.2) is 4.79 Å². The molecule has 0 fully saturated rings. The maximum absolute atomic E-state index is 12.0. The number of rotatable bonds is 20. The Labute approximate surface area is 561 Å². The van der Waals surface area contributed by atoms with Crippen LogP contribution in [0.25, 0.3) is 55.5 Å². The van der Waals surface area contributed by atoms with E-state index in [9.17, 15) is 14.7 Å². The molecule has 0 amide bonds. The topological polar surface area (TPSA) is 152 Å². The molecule has 0 radical (unpaired) electrons. The van der Waals surface area contributed by atoms with Crippen LogP contribution in [0.4, 0.5) is 0 Å². The van der Waals surface area contributed by atoms with Gasteiger partial charge in [-0.2, -0.15) is 15.3 Å². The Kier molecular flexibility index (Phi) is 26.5. The van der Waals surface area contributed by atoms with Crippen LogP contribution in [-0.4, -0.2) is 93.1 Å². The number of hydrogen-bond donors (Lipinski definition) is 2. The first kappa shape index (κ1) is 69.4. The maximum atomic E-state index is 12.0. The zero-order valence-electron chi connectivity index (χ0n) is 53.7. The van der Waals surface area contributed by atoms with Crippen molar-refractivity contribution in [3.05, 3.63) is 238 Å². The van der Waals surface area contributed by atoms with Crippen LogP contribution in [0.2, 0.25) is 13.3 Å². The number of carbonyl (C=O) groups excluding carboxylic acids is 2. The minimum Gasteiger partial charge on any atom is -0.464 e. The van der Waals surface area contributed by atoms with Gasteiger partial charge < -0.3 is 19.0 Å². The van der Waals surface area contributed by atoms with Gasteiger partial charge >= 0.3 is 153 Å². The molecule has 474 valence electrons. The van der Waals surface area contributed by atoms with E-state index in [-0.39, 0.29) is 18.5 Å². The van der Waals surface area contributed by atoms with Crippen molar-refractivity contribution in [1.82, 2.24) is 43.5 Å². The van der Waals surface area contributed by atoms with Gasteiger partial charge in [0.15, 0.2) is 0 Å². The van der Waals surface area contributed by atoms with Crippen molar-refractivity contribution in [2.75, 3.05) is 14.2 Å². The van der Waals surface area contributed by atoms with Gasteiger partial charge in [-0.05, 0) is 81.7 Å². The second-order valence-electron chi connectivity index (χ2n) is 22.5. The maximum Gasteiger partial charge on any atom is 0.354 e. The summed E-state index contributed by atoms with van der Waals surface area (Å²) in [5.41, 5.74) is 12.8. The van der Waals surface area contributed by atoms with E-state index in [0.717, 1.165) is 71.4 Å². The number of fused-ring (bicyclic) bond motifs is 3. The number of nitrogens with one attached hydrogen (secondary N) is 1. The third-order valence-corrected chi connectivity index (χ3v) is 33.8. The molecule has 14 nitrogen and oxygen atoms in total. The van der Waals surface area contributed by atoms with Crippen molar-refractivity contribution < 1.29 is 24.2 Å².